The minimum atomic E-state index is -0.751. The molecule has 1 atom stereocenters. The topological polar surface area (TPSA) is 38.3 Å². The van der Waals surface area contributed by atoms with Crippen molar-refractivity contribution in [2.24, 2.45) is 0 Å². The number of alkyl carbamates (subject to hydrolysis) is 1. The summed E-state index contributed by atoms with van der Waals surface area (Å²) in [6, 6.07) is 2.25. The van der Waals surface area contributed by atoms with Gasteiger partial charge in [-0.15, -0.1) is 0 Å². The number of amides is 1. The first-order valence-corrected chi connectivity index (χ1v) is 6.52. The fourth-order valence-electron chi connectivity index (χ4n) is 1.37. The maximum Gasteiger partial charge on any atom is 0.408 e. The van der Waals surface area contributed by atoms with E-state index in [0.29, 0.717) is 0 Å². The van der Waals surface area contributed by atoms with Gasteiger partial charge in [-0.1, -0.05) is 0 Å². The van der Waals surface area contributed by atoms with Crippen molar-refractivity contribution in [3.05, 3.63) is 33.8 Å². The highest BCUT2D eigenvalue weighted by Crippen LogP contribution is 2.26. The molecular weight excluding hydrogens is 320 g/mol. The Morgan fingerprint density at radius 1 is 1.32 bits per heavy atom. The van der Waals surface area contributed by atoms with Crippen LogP contribution < -0.4 is 5.32 Å². The Kier molecular flexibility index (Phi) is 4.90. The molecule has 0 aliphatic rings. The van der Waals surface area contributed by atoms with E-state index in [1.54, 1.807) is 27.7 Å². The van der Waals surface area contributed by atoms with Crippen LogP contribution in [0.1, 0.15) is 39.4 Å². The quantitative estimate of drug-likeness (QED) is 0.817. The lowest BCUT2D eigenvalue weighted by atomic mass is 10.1. The van der Waals surface area contributed by atoms with Crippen LogP contribution in [0.15, 0.2) is 16.6 Å². The van der Waals surface area contributed by atoms with E-state index in [2.05, 4.69) is 21.2 Å². The second-order valence-corrected chi connectivity index (χ2v) is 6.01. The number of halogens is 3. The lowest BCUT2D eigenvalue weighted by molar-refractivity contribution is 0.0996. The highest BCUT2D eigenvalue weighted by molar-refractivity contribution is 9.10. The van der Waals surface area contributed by atoms with Gasteiger partial charge >= 0.3 is 6.09 Å². The number of carbonyl (C=O) groups is 1. The SMILES string of the molecule is C[C@@H](OC(=O)NC(C)(C)C)c1cc(F)c(Br)c(F)c1. The van der Waals surface area contributed by atoms with E-state index in [0.717, 1.165) is 12.1 Å². The minimum absolute atomic E-state index is 0.234. The third-order valence-electron chi connectivity index (χ3n) is 2.24. The van der Waals surface area contributed by atoms with Crippen molar-refractivity contribution in [3.63, 3.8) is 0 Å². The van der Waals surface area contributed by atoms with Crippen LogP contribution in [0.5, 0.6) is 0 Å². The molecule has 0 bridgehead atoms. The normalized spacial score (nSPS) is 13.0. The Hall–Kier alpha value is -1.17. The monoisotopic (exact) mass is 335 g/mol. The molecule has 1 N–H and O–H groups in total. The van der Waals surface area contributed by atoms with Crippen LogP contribution in [-0.4, -0.2) is 11.6 Å². The molecule has 0 heterocycles. The highest BCUT2D eigenvalue weighted by Gasteiger charge is 2.19. The van der Waals surface area contributed by atoms with E-state index in [1.165, 1.54) is 0 Å². The predicted molar refractivity (Wildman–Crippen MR) is 71.8 cm³/mol. The minimum Gasteiger partial charge on any atom is -0.442 e. The lowest BCUT2D eigenvalue weighted by Crippen LogP contribution is -2.41. The highest BCUT2D eigenvalue weighted by atomic mass is 79.9. The van der Waals surface area contributed by atoms with Gasteiger partial charge in [0.15, 0.2) is 0 Å². The second-order valence-electron chi connectivity index (χ2n) is 5.22. The zero-order valence-corrected chi connectivity index (χ0v) is 12.8. The zero-order chi connectivity index (χ0) is 14.8. The number of carbonyl (C=O) groups excluding carboxylic acids is 1. The van der Waals surface area contributed by atoms with Crippen molar-refractivity contribution in [1.29, 1.82) is 0 Å². The van der Waals surface area contributed by atoms with Gasteiger partial charge < -0.3 is 10.1 Å². The Morgan fingerprint density at radius 2 is 1.79 bits per heavy atom. The van der Waals surface area contributed by atoms with E-state index in [-0.39, 0.29) is 10.0 Å². The third kappa shape index (κ3) is 4.78. The van der Waals surface area contributed by atoms with Crippen LogP contribution in [0.3, 0.4) is 0 Å². The molecule has 3 nitrogen and oxygen atoms in total. The van der Waals surface area contributed by atoms with Crippen LogP contribution in [-0.2, 0) is 4.74 Å². The van der Waals surface area contributed by atoms with Crippen molar-refractivity contribution in [2.75, 3.05) is 0 Å². The number of hydrogen-bond donors (Lipinski definition) is 1. The molecule has 1 rings (SSSR count). The van der Waals surface area contributed by atoms with Gasteiger partial charge in [0.05, 0.1) is 4.47 Å². The Labute approximate surface area is 119 Å². The van der Waals surface area contributed by atoms with Crippen LogP contribution in [0, 0.1) is 11.6 Å². The molecule has 0 aromatic heterocycles. The number of nitrogens with one attached hydrogen (secondary N) is 1. The largest absolute Gasteiger partial charge is 0.442 e. The number of hydrogen-bond acceptors (Lipinski definition) is 2. The van der Waals surface area contributed by atoms with Crippen molar-refractivity contribution >= 4 is 22.0 Å². The molecule has 1 aromatic carbocycles. The fraction of sp³-hybridized carbons (Fsp3) is 0.462. The summed E-state index contributed by atoms with van der Waals surface area (Å²) in [7, 11) is 0. The number of ether oxygens (including phenoxy) is 1. The van der Waals surface area contributed by atoms with Crippen molar-refractivity contribution in [2.45, 2.75) is 39.3 Å². The molecule has 0 saturated heterocycles. The molecule has 0 aliphatic carbocycles. The molecule has 106 valence electrons. The standard InChI is InChI=1S/C13H16BrF2NO2/c1-7(19-12(18)17-13(2,3)4)8-5-9(15)11(14)10(16)6-8/h5-7H,1-4H3,(H,17,18)/t7-/m1/s1. The van der Waals surface area contributed by atoms with Crippen LogP contribution in [0.4, 0.5) is 13.6 Å². The van der Waals surface area contributed by atoms with Crippen molar-refractivity contribution in [3.8, 4) is 0 Å². The van der Waals surface area contributed by atoms with Crippen molar-refractivity contribution < 1.29 is 18.3 Å². The van der Waals surface area contributed by atoms with Gasteiger partial charge in [-0.2, -0.15) is 0 Å². The summed E-state index contributed by atoms with van der Waals surface area (Å²) in [5.41, 5.74) is -0.185. The molecule has 0 spiro atoms. The Morgan fingerprint density at radius 3 is 2.21 bits per heavy atom. The first-order valence-electron chi connectivity index (χ1n) is 5.73. The van der Waals surface area contributed by atoms with Crippen molar-refractivity contribution in [1.82, 2.24) is 5.32 Å². The molecule has 1 amide bonds. The molecule has 19 heavy (non-hydrogen) atoms. The molecule has 0 aliphatic heterocycles. The molecule has 0 fully saturated rings. The number of benzene rings is 1. The van der Waals surface area contributed by atoms with Crippen LogP contribution in [0.25, 0.3) is 0 Å². The fourth-order valence-corrected chi connectivity index (χ4v) is 1.60. The average molecular weight is 336 g/mol. The van der Waals surface area contributed by atoms with E-state index in [1.807, 2.05) is 0 Å². The summed E-state index contributed by atoms with van der Waals surface area (Å²) in [6.45, 7) is 6.96. The van der Waals surface area contributed by atoms with Gasteiger partial charge in [-0.05, 0) is 61.3 Å². The zero-order valence-electron chi connectivity index (χ0n) is 11.2. The van der Waals surface area contributed by atoms with Gasteiger partial charge in [0, 0.05) is 5.54 Å². The van der Waals surface area contributed by atoms with E-state index in [9.17, 15) is 13.6 Å². The van der Waals surface area contributed by atoms with Gasteiger partial charge in [0.2, 0.25) is 0 Å². The molecule has 0 radical (unpaired) electrons. The van der Waals surface area contributed by atoms with E-state index >= 15 is 0 Å². The van der Waals surface area contributed by atoms with Gasteiger partial charge in [0.1, 0.15) is 17.7 Å². The summed E-state index contributed by atoms with van der Waals surface area (Å²) in [5, 5.41) is 2.60. The Balaban J connectivity index is 2.79. The molecule has 0 saturated carbocycles. The first kappa shape index (κ1) is 15.9. The predicted octanol–water partition coefficient (Wildman–Crippen LogP) is 4.31. The molecule has 0 unspecified atom stereocenters. The number of rotatable bonds is 2. The summed E-state index contributed by atoms with van der Waals surface area (Å²) in [6.07, 6.45) is -1.39. The van der Waals surface area contributed by atoms with Crippen LogP contribution >= 0.6 is 15.9 Å². The van der Waals surface area contributed by atoms with Gasteiger partial charge in [-0.3, -0.25) is 0 Å². The summed E-state index contributed by atoms with van der Waals surface area (Å²) in [5.74, 6) is -1.47. The smallest absolute Gasteiger partial charge is 0.408 e. The first-order chi connectivity index (χ1) is 8.60. The summed E-state index contributed by atoms with van der Waals surface area (Å²) < 4.78 is 31.6. The second kappa shape index (κ2) is 5.86. The van der Waals surface area contributed by atoms with Gasteiger partial charge in [-0.25, -0.2) is 13.6 Å². The van der Waals surface area contributed by atoms with E-state index < -0.39 is 29.4 Å². The summed E-state index contributed by atoms with van der Waals surface area (Å²) in [4.78, 5) is 11.5. The molecule has 1 aromatic rings. The maximum absolute atomic E-state index is 13.4. The Bertz CT molecular complexity index is 463. The summed E-state index contributed by atoms with van der Waals surface area (Å²) >= 11 is 2.78. The molecule has 6 heteroatoms. The molecular formula is C13H16BrF2NO2. The van der Waals surface area contributed by atoms with Crippen LogP contribution in [0.2, 0.25) is 0 Å². The third-order valence-corrected chi connectivity index (χ3v) is 2.99. The lowest BCUT2D eigenvalue weighted by Gasteiger charge is -2.22. The van der Waals surface area contributed by atoms with Gasteiger partial charge in [0.25, 0.3) is 0 Å². The maximum atomic E-state index is 13.4. The average Bonchev–Trinajstić information content (AvgIpc) is 2.22. The van der Waals surface area contributed by atoms with E-state index in [4.69, 9.17) is 4.74 Å².